The molecule has 1 saturated heterocycles. The third kappa shape index (κ3) is 6.27. The molecule has 1 aliphatic rings. The molecule has 1 fully saturated rings. The zero-order chi connectivity index (χ0) is 12.7. The fraction of sp³-hybridized carbons (Fsp3) is 1.00. The summed E-state index contributed by atoms with van der Waals surface area (Å²) in [5, 5.41) is 2.48. The second-order valence-electron chi connectivity index (χ2n) is 4.77. The number of piperidine rings is 1. The van der Waals surface area contributed by atoms with Crippen molar-refractivity contribution in [3.8, 4) is 0 Å². The fourth-order valence-corrected chi connectivity index (χ4v) is 2.47. The van der Waals surface area contributed by atoms with E-state index in [1.807, 2.05) is 0 Å². The molecule has 0 amide bonds. The van der Waals surface area contributed by atoms with E-state index >= 15 is 0 Å². The average Bonchev–Trinajstić information content (AvgIpc) is 2.25. The van der Waals surface area contributed by atoms with Crippen molar-refractivity contribution in [1.82, 2.24) is 10.2 Å². The first kappa shape index (κ1) is 14.8. The Balaban J connectivity index is 2.19. The van der Waals surface area contributed by atoms with Crippen LogP contribution in [0.5, 0.6) is 0 Å². The minimum absolute atomic E-state index is 0.463. The van der Waals surface area contributed by atoms with Crippen LogP contribution in [0.25, 0.3) is 0 Å². The predicted octanol–water partition coefficient (Wildman–Crippen LogP) is 2.79. The van der Waals surface area contributed by atoms with Gasteiger partial charge in [-0.05, 0) is 45.3 Å². The van der Waals surface area contributed by atoms with Gasteiger partial charge in [-0.3, -0.25) is 0 Å². The van der Waals surface area contributed by atoms with Crippen LogP contribution in [-0.2, 0) is 0 Å². The third-order valence-corrected chi connectivity index (χ3v) is 3.24. The van der Waals surface area contributed by atoms with Crippen molar-refractivity contribution >= 4 is 0 Å². The second-order valence-corrected chi connectivity index (χ2v) is 4.77. The highest BCUT2D eigenvalue weighted by molar-refractivity contribution is 4.77. The number of nitrogens with one attached hydrogen (secondary N) is 1. The largest absolute Gasteiger partial charge is 0.401 e. The van der Waals surface area contributed by atoms with Gasteiger partial charge in [-0.1, -0.05) is 13.3 Å². The molecule has 17 heavy (non-hydrogen) atoms. The number of likely N-dealkylation sites (tertiary alicyclic amines) is 1. The summed E-state index contributed by atoms with van der Waals surface area (Å²) < 4.78 is 35.8. The van der Waals surface area contributed by atoms with Gasteiger partial charge < -0.3 is 10.2 Å². The third-order valence-electron chi connectivity index (χ3n) is 3.24. The predicted molar refractivity (Wildman–Crippen MR) is 63.0 cm³/mol. The Morgan fingerprint density at radius 1 is 1.29 bits per heavy atom. The zero-order valence-electron chi connectivity index (χ0n) is 10.5. The van der Waals surface area contributed by atoms with Crippen LogP contribution in [0, 0.1) is 0 Å². The van der Waals surface area contributed by atoms with Gasteiger partial charge in [-0.15, -0.1) is 0 Å². The minimum Gasteiger partial charge on any atom is -0.309 e. The topological polar surface area (TPSA) is 15.3 Å². The van der Waals surface area contributed by atoms with Crippen molar-refractivity contribution in [2.24, 2.45) is 0 Å². The molecule has 0 aliphatic carbocycles. The van der Waals surface area contributed by atoms with Gasteiger partial charge in [0.15, 0.2) is 0 Å². The molecule has 2 nitrogen and oxygen atoms in total. The van der Waals surface area contributed by atoms with Crippen molar-refractivity contribution in [3.05, 3.63) is 0 Å². The lowest BCUT2D eigenvalue weighted by Crippen LogP contribution is -2.42. The summed E-state index contributed by atoms with van der Waals surface area (Å²) in [5.74, 6) is 0. The SMILES string of the molecule is CCCN1CCCCC1CCNCC(F)(F)F. The van der Waals surface area contributed by atoms with Crippen molar-refractivity contribution in [1.29, 1.82) is 0 Å². The van der Waals surface area contributed by atoms with E-state index in [2.05, 4.69) is 17.1 Å². The Morgan fingerprint density at radius 3 is 2.71 bits per heavy atom. The van der Waals surface area contributed by atoms with E-state index in [4.69, 9.17) is 0 Å². The summed E-state index contributed by atoms with van der Waals surface area (Å²) in [6, 6.07) is 0.476. The molecular weight excluding hydrogens is 229 g/mol. The van der Waals surface area contributed by atoms with Gasteiger partial charge in [0.2, 0.25) is 0 Å². The number of halogens is 3. The Morgan fingerprint density at radius 2 is 2.06 bits per heavy atom. The summed E-state index contributed by atoms with van der Waals surface area (Å²) in [6.45, 7) is 3.92. The molecule has 1 unspecified atom stereocenters. The fourth-order valence-electron chi connectivity index (χ4n) is 2.47. The smallest absolute Gasteiger partial charge is 0.309 e. The van der Waals surface area contributed by atoms with E-state index in [-0.39, 0.29) is 0 Å². The number of rotatable bonds is 6. The molecule has 0 saturated carbocycles. The van der Waals surface area contributed by atoms with Crippen molar-refractivity contribution in [2.45, 2.75) is 51.2 Å². The van der Waals surface area contributed by atoms with Gasteiger partial charge in [0.05, 0.1) is 6.54 Å². The van der Waals surface area contributed by atoms with Crippen LogP contribution < -0.4 is 5.32 Å². The Kier molecular flexibility index (Phi) is 6.27. The molecule has 0 aromatic rings. The molecule has 0 bridgehead atoms. The number of hydrogen-bond acceptors (Lipinski definition) is 2. The maximum atomic E-state index is 11.9. The van der Waals surface area contributed by atoms with Crippen molar-refractivity contribution < 1.29 is 13.2 Å². The van der Waals surface area contributed by atoms with E-state index in [0.29, 0.717) is 12.6 Å². The standard InChI is InChI=1S/C12H23F3N2/c1-2-8-17-9-4-3-5-11(17)6-7-16-10-12(13,14)15/h11,16H,2-10H2,1H3. The molecule has 0 aromatic carbocycles. The molecule has 102 valence electrons. The first-order chi connectivity index (χ1) is 8.03. The lowest BCUT2D eigenvalue weighted by molar-refractivity contribution is -0.124. The van der Waals surface area contributed by atoms with Gasteiger partial charge >= 0.3 is 6.18 Å². The summed E-state index contributed by atoms with van der Waals surface area (Å²) in [4.78, 5) is 2.43. The minimum atomic E-state index is -4.09. The van der Waals surface area contributed by atoms with Gasteiger partial charge in [0.25, 0.3) is 0 Å². The summed E-state index contributed by atoms with van der Waals surface area (Å²) in [7, 11) is 0. The highest BCUT2D eigenvalue weighted by Gasteiger charge is 2.26. The molecule has 1 atom stereocenters. The highest BCUT2D eigenvalue weighted by Crippen LogP contribution is 2.19. The lowest BCUT2D eigenvalue weighted by atomic mass is 9.99. The van der Waals surface area contributed by atoms with Crippen LogP contribution in [0.3, 0.4) is 0 Å². The highest BCUT2D eigenvalue weighted by atomic mass is 19.4. The maximum Gasteiger partial charge on any atom is 0.401 e. The monoisotopic (exact) mass is 252 g/mol. The molecule has 0 aromatic heterocycles. The first-order valence-electron chi connectivity index (χ1n) is 6.54. The molecule has 1 rings (SSSR count). The molecule has 0 radical (unpaired) electrons. The molecular formula is C12H23F3N2. The Bertz CT molecular complexity index is 204. The normalized spacial score (nSPS) is 22.9. The van der Waals surface area contributed by atoms with Crippen LogP contribution in [0.2, 0.25) is 0 Å². The number of hydrogen-bond donors (Lipinski definition) is 1. The van der Waals surface area contributed by atoms with E-state index in [9.17, 15) is 13.2 Å². The zero-order valence-corrected chi connectivity index (χ0v) is 10.5. The van der Waals surface area contributed by atoms with Crippen molar-refractivity contribution in [3.63, 3.8) is 0 Å². The summed E-state index contributed by atoms with van der Waals surface area (Å²) >= 11 is 0. The van der Waals surface area contributed by atoms with Crippen LogP contribution in [-0.4, -0.2) is 43.3 Å². The lowest BCUT2D eigenvalue weighted by Gasteiger charge is -2.35. The number of nitrogens with zero attached hydrogens (tertiary/aromatic N) is 1. The maximum absolute atomic E-state index is 11.9. The van der Waals surface area contributed by atoms with Crippen molar-refractivity contribution in [2.75, 3.05) is 26.2 Å². The van der Waals surface area contributed by atoms with Crippen LogP contribution >= 0.6 is 0 Å². The summed E-state index contributed by atoms with van der Waals surface area (Å²) in [6.07, 6.45) is 1.43. The van der Waals surface area contributed by atoms with E-state index < -0.39 is 12.7 Å². The van der Waals surface area contributed by atoms with Gasteiger partial charge in [-0.25, -0.2) is 0 Å². The van der Waals surface area contributed by atoms with Gasteiger partial charge in [0, 0.05) is 6.04 Å². The molecule has 0 spiro atoms. The van der Waals surface area contributed by atoms with Crippen LogP contribution in [0.15, 0.2) is 0 Å². The van der Waals surface area contributed by atoms with E-state index in [1.54, 1.807) is 0 Å². The Labute approximate surface area is 102 Å². The van der Waals surface area contributed by atoms with Gasteiger partial charge in [0.1, 0.15) is 0 Å². The first-order valence-corrected chi connectivity index (χ1v) is 6.54. The quantitative estimate of drug-likeness (QED) is 0.731. The molecule has 1 N–H and O–H groups in total. The van der Waals surface area contributed by atoms with E-state index in [1.165, 1.54) is 12.8 Å². The second kappa shape index (κ2) is 7.21. The molecule has 1 heterocycles. The summed E-state index contributed by atoms with van der Waals surface area (Å²) in [5.41, 5.74) is 0. The molecule has 1 aliphatic heterocycles. The molecule has 5 heteroatoms. The van der Waals surface area contributed by atoms with Crippen LogP contribution in [0.4, 0.5) is 13.2 Å². The van der Waals surface area contributed by atoms with E-state index in [0.717, 1.165) is 32.4 Å². The van der Waals surface area contributed by atoms with Crippen LogP contribution in [0.1, 0.15) is 39.0 Å². The average molecular weight is 252 g/mol. The Hall–Kier alpha value is -0.290. The number of alkyl halides is 3. The van der Waals surface area contributed by atoms with Gasteiger partial charge in [-0.2, -0.15) is 13.2 Å².